The smallest absolute Gasteiger partial charge is 0.226 e. The van der Waals surface area contributed by atoms with Gasteiger partial charge in [-0.25, -0.2) is 13.4 Å². The third kappa shape index (κ3) is 4.58. The van der Waals surface area contributed by atoms with Gasteiger partial charge in [-0.3, -0.25) is 4.79 Å². The van der Waals surface area contributed by atoms with E-state index in [4.69, 9.17) is 4.74 Å². The average molecular weight is 380 g/mol. The Hall–Kier alpha value is -1.93. The van der Waals surface area contributed by atoms with Gasteiger partial charge in [0.25, 0.3) is 0 Å². The van der Waals surface area contributed by atoms with E-state index in [1.54, 1.807) is 0 Å². The molecule has 1 amide bonds. The Labute approximate surface area is 151 Å². The first-order chi connectivity index (χ1) is 12.0. The second-order valence-electron chi connectivity index (χ2n) is 5.92. The zero-order valence-electron chi connectivity index (χ0n) is 13.9. The molecule has 1 aromatic carbocycles. The second kappa shape index (κ2) is 7.53. The standard InChI is InChI=1S/C17H20N2O4S2/c1-2-23-15-6-4-3-5-14(15)17-19-13(10-24-17)9-16(20)18-12-7-8-25(21,22)11-12/h3-6,10,12H,2,7-9,11H2,1H3,(H,18,20). The van der Waals surface area contributed by atoms with Gasteiger partial charge >= 0.3 is 0 Å². The first-order valence-electron chi connectivity index (χ1n) is 8.13. The largest absolute Gasteiger partial charge is 0.493 e. The number of nitrogens with zero attached hydrogens (tertiary/aromatic N) is 1. The van der Waals surface area contributed by atoms with Gasteiger partial charge in [-0.2, -0.15) is 0 Å². The quantitative estimate of drug-likeness (QED) is 0.829. The number of amides is 1. The highest BCUT2D eigenvalue weighted by Crippen LogP contribution is 2.32. The van der Waals surface area contributed by atoms with Gasteiger partial charge in [-0.1, -0.05) is 12.1 Å². The monoisotopic (exact) mass is 380 g/mol. The highest BCUT2D eigenvalue weighted by atomic mass is 32.2. The summed E-state index contributed by atoms with van der Waals surface area (Å²) in [4.78, 5) is 16.7. The Morgan fingerprint density at radius 3 is 2.92 bits per heavy atom. The number of hydrogen-bond donors (Lipinski definition) is 1. The molecule has 1 unspecified atom stereocenters. The molecule has 6 nitrogen and oxygen atoms in total. The molecular formula is C17H20N2O4S2. The molecule has 1 atom stereocenters. The molecule has 134 valence electrons. The summed E-state index contributed by atoms with van der Waals surface area (Å²) in [5.41, 5.74) is 1.58. The summed E-state index contributed by atoms with van der Waals surface area (Å²) in [7, 11) is -3.00. The molecule has 25 heavy (non-hydrogen) atoms. The number of sulfone groups is 1. The van der Waals surface area contributed by atoms with Crippen LogP contribution in [-0.2, 0) is 21.1 Å². The van der Waals surface area contributed by atoms with Crippen molar-refractivity contribution in [1.82, 2.24) is 10.3 Å². The van der Waals surface area contributed by atoms with Crippen LogP contribution in [0.2, 0.25) is 0 Å². The van der Waals surface area contributed by atoms with Crippen molar-refractivity contribution in [3.05, 3.63) is 35.3 Å². The van der Waals surface area contributed by atoms with Crippen molar-refractivity contribution in [2.24, 2.45) is 0 Å². The topological polar surface area (TPSA) is 85.4 Å². The van der Waals surface area contributed by atoms with Crippen molar-refractivity contribution in [3.63, 3.8) is 0 Å². The van der Waals surface area contributed by atoms with E-state index in [-0.39, 0.29) is 29.9 Å². The Morgan fingerprint density at radius 2 is 2.20 bits per heavy atom. The van der Waals surface area contributed by atoms with Crippen LogP contribution in [0, 0.1) is 0 Å². The summed E-state index contributed by atoms with van der Waals surface area (Å²) in [5.74, 6) is 0.749. The summed E-state index contributed by atoms with van der Waals surface area (Å²) in [5, 5.41) is 5.44. The van der Waals surface area contributed by atoms with Crippen LogP contribution >= 0.6 is 11.3 Å². The van der Waals surface area contributed by atoms with Crippen LogP contribution < -0.4 is 10.1 Å². The lowest BCUT2D eigenvalue weighted by Crippen LogP contribution is -2.36. The van der Waals surface area contributed by atoms with Crippen molar-refractivity contribution in [3.8, 4) is 16.3 Å². The predicted molar refractivity (Wildman–Crippen MR) is 97.6 cm³/mol. The van der Waals surface area contributed by atoms with Gasteiger partial charge in [0.15, 0.2) is 9.84 Å². The van der Waals surface area contributed by atoms with Gasteiger partial charge in [-0.15, -0.1) is 11.3 Å². The van der Waals surface area contributed by atoms with Gasteiger partial charge in [-0.05, 0) is 25.5 Å². The van der Waals surface area contributed by atoms with Crippen molar-refractivity contribution >= 4 is 27.1 Å². The summed E-state index contributed by atoms with van der Waals surface area (Å²) in [6, 6.07) is 7.39. The third-order valence-electron chi connectivity index (χ3n) is 3.91. The van der Waals surface area contributed by atoms with Gasteiger partial charge in [0.1, 0.15) is 10.8 Å². The number of carbonyl (C=O) groups excluding carboxylic acids is 1. The highest BCUT2D eigenvalue weighted by molar-refractivity contribution is 7.91. The molecule has 1 aromatic heterocycles. The first kappa shape index (κ1) is 17.9. The molecule has 1 fully saturated rings. The molecule has 0 bridgehead atoms. The minimum Gasteiger partial charge on any atom is -0.493 e. The Balaban J connectivity index is 1.65. The average Bonchev–Trinajstić information content (AvgIpc) is 3.14. The van der Waals surface area contributed by atoms with Crippen LogP contribution in [0.3, 0.4) is 0 Å². The number of para-hydroxylation sites is 1. The lowest BCUT2D eigenvalue weighted by Gasteiger charge is -2.09. The molecule has 0 aliphatic carbocycles. The molecule has 0 spiro atoms. The number of benzene rings is 1. The second-order valence-corrected chi connectivity index (χ2v) is 9.00. The minimum atomic E-state index is -3.00. The van der Waals surface area contributed by atoms with Crippen LogP contribution in [0.25, 0.3) is 10.6 Å². The number of nitrogens with one attached hydrogen (secondary N) is 1. The Kier molecular flexibility index (Phi) is 5.39. The number of aromatic nitrogens is 1. The van der Waals surface area contributed by atoms with E-state index in [1.165, 1.54) is 11.3 Å². The van der Waals surface area contributed by atoms with E-state index >= 15 is 0 Å². The lowest BCUT2D eigenvalue weighted by atomic mass is 10.2. The van der Waals surface area contributed by atoms with Crippen molar-refractivity contribution in [2.75, 3.05) is 18.1 Å². The molecule has 0 saturated carbocycles. The fourth-order valence-corrected chi connectivity index (χ4v) is 5.31. The summed E-state index contributed by atoms with van der Waals surface area (Å²) >= 11 is 1.46. The van der Waals surface area contributed by atoms with Crippen LogP contribution in [-0.4, -0.2) is 43.5 Å². The summed E-state index contributed by atoms with van der Waals surface area (Å²) < 4.78 is 28.5. The Bertz CT molecular complexity index is 861. The Morgan fingerprint density at radius 1 is 1.40 bits per heavy atom. The zero-order valence-corrected chi connectivity index (χ0v) is 15.5. The first-order valence-corrected chi connectivity index (χ1v) is 10.8. The molecule has 2 aromatic rings. The summed E-state index contributed by atoms with van der Waals surface area (Å²) in [6.07, 6.45) is 0.627. The predicted octanol–water partition coefficient (Wildman–Crippen LogP) is 2.05. The fourth-order valence-electron chi connectivity index (χ4n) is 2.79. The molecule has 3 rings (SSSR count). The van der Waals surface area contributed by atoms with Gasteiger partial charge in [0, 0.05) is 11.4 Å². The lowest BCUT2D eigenvalue weighted by molar-refractivity contribution is -0.121. The zero-order chi connectivity index (χ0) is 17.9. The fraction of sp³-hybridized carbons (Fsp3) is 0.412. The maximum Gasteiger partial charge on any atom is 0.226 e. The van der Waals surface area contributed by atoms with Crippen molar-refractivity contribution in [1.29, 1.82) is 0 Å². The maximum atomic E-state index is 12.1. The number of carbonyl (C=O) groups is 1. The molecule has 1 aliphatic rings. The molecule has 1 N–H and O–H groups in total. The van der Waals surface area contributed by atoms with E-state index in [9.17, 15) is 13.2 Å². The van der Waals surface area contributed by atoms with Gasteiger partial charge in [0.2, 0.25) is 5.91 Å². The van der Waals surface area contributed by atoms with E-state index < -0.39 is 9.84 Å². The molecule has 1 saturated heterocycles. The number of thiazole rings is 1. The van der Waals surface area contributed by atoms with E-state index in [2.05, 4.69) is 10.3 Å². The number of rotatable bonds is 6. The van der Waals surface area contributed by atoms with Crippen molar-refractivity contribution < 1.29 is 17.9 Å². The van der Waals surface area contributed by atoms with E-state index in [1.807, 2.05) is 36.6 Å². The van der Waals surface area contributed by atoms with Crippen LogP contribution in [0.5, 0.6) is 5.75 Å². The molecule has 2 heterocycles. The summed E-state index contributed by atoms with van der Waals surface area (Å²) in [6.45, 7) is 2.50. The number of ether oxygens (including phenoxy) is 1. The third-order valence-corrected chi connectivity index (χ3v) is 6.60. The van der Waals surface area contributed by atoms with Crippen LogP contribution in [0.15, 0.2) is 29.6 Å². The molecular weight excluding hydrogens is 360 g/mol. The van der Waals surface area contributed by atoms with Crippen molar-refractivity contribution in [2.45, 2.75) is 25.8 Å². The van der Waals surface area contributed by atoms with Crippen LogP contribution in [0.4, 0.5) is 0 Å². The molecule has 0 radical (unpaired) electrons. The van der Waals surface area contributed by atoms with E-state index in [0.717, 1.165) is 16.3 Å². The van der Waals surface area contributed by atoms with Gasteiger partial charge in [0.05, 0.1) is 35.8 Å². The van der Waals surface area contributed by atoms with Gasteiger partial charge < -0.3 is 10.1 Å². The van der Waals surface area contributed by atoms with E-state index in [0.29, 0.717) is 18.7 Å². The highest BCUT2D eigenvalue weighted by Gasteiger charge is 2.29. The molecule has 8 heteroatoms. The molecule has 1 aliphatic heterocycles. The maximum absolute atomic E-state index is 12.1. The SMILES string of the molecule is CCOc1ccccc1-c1nc(CC(=O)NC2CCS(=O)(=O)C2)cs1. The number of hydrogen-bond acceptors (Lipinski definition) is 6. The van der Waals surface area contributed by atoms with Crippen LogP contribution in [0.1, 0.15) is 19.0 Å². The normalized spacial score (nSPS) is 18.8. The minimum absolute atomic E-state index is 0.0305.